The molecule has 1 atom stereocenters. The highest BCUT2D eigenvalue weighted by molar-refractivity contribution is 5.08. The van der Waals surface area contributed by atoms with E-state index in [-0.39, 0.29) is 11.6 Å². The van der Waals surface area contributed by atoms with Crippen LogP contribution in [0.4, 0.5) is 0 Å². The highest BCUT2D eigenvalue weighted by Gasteiger charge is 2.38. The van der Waals surface area contributed by atoms with Gasteiger partial charge in [-0.05, 0) is 46.3 Å². The maximum atomic E-state index is 4.57. The molecule has 4 nitrogen and oxygen atoms in total. The number of hydrogen-bond donors (Lipinski definition) is 1. The van der Waals surface area contributed by atoms with Crippen molar-refractivity contribution in [3.05, 3.63) is 18.2 Å². The summed E-state index contributed by atoms with van der Waals surface area (Å²) in [6.45, 7) is 10.2. The number of rotatable bonds is 5. The second-order valence-electron chi connectivity index (χ2n) is 6.09. The monoisotopic (exact) mass is 264 g/mol. The molecule has 2 heterocycles. The van der Waals surface area contributed by atoms with Gasteiger partial charge in [0, 0.05) is 25.0 Å². The maximum Gasteiger partial charge on any atom is 0.127 e. The summed E-state index contributed by atoms with van der Waals surface area (Å²) in [6.07, 6.45) is 7.95. The molecule has 0 aliphatic carbocycles. The Hall–Kier alpha value is -0.870. The Labute approximate surface area is 117 Å². The van der Waals surface area contributed by atoms with Gasteiger partial charge >= 0.3 is 0 Å². The minimum absolute atomic E-state index is 0.0928. The summed E-state index contributed by atoms with van der Waals surface area (Å²) < 4.78 is 2.14. The number of aromatic nitrogens is 2. The van der Waals surface area contributed by atoms with Gasteiger partial charge in [0.2, 0.25) is 0 Å². The summed E-state index contributed by atoms with van der Waals surface area (Å²) in [4.78, 5) is 7.19. The molecule has 0 amide bonds. The van der Waals surface area contributed by atoms with Crippen LogP contribution in [0.2, 0.25) is 0 Å². The number of nitrogens with one attached hydrogen (secondary N) is 1. The third-order valence-corrected chi connectivity index (χ3v) is 4.40. The zero-order valence-electron chi connectivity index (χ0n) is 12.8. The number of likely N-dealkylation sites (tertiary alicyclic amines) is 1. The van der Waals surface area contributed by atoms with E-state index in [4.69, 9.17) is 0 Å². The molecule has 1 aromatic heterocycles. The Bertz CT molecular complexity index is 391. The third kappa shape index (κ3) is 3.00. The van der Waals surface area contributed by atoms with Crippen LogP contribution < -0.4 is 5.32 Å². The molecule has 1 unspecified atom stereocenters. The van der Waals surface area contributed by atoms with Crippen molar-refractivity contribution in [2.45, 2.75) is 51.6 Å². The number of imidazole rings is 1. The molecular formula is C15H28N4. The topological polar surface area (TPSA) is 33.1 Å². The summed E-state index contributed by atoms with van der Waals surface area (Å²) in [7, 11) is 2.08. The van der Waals surface area contributed by atoms with Gasteiger partial charge in [0.1, 0.15) is 5.82 Å². The standard InChI is InChI=1S/C15H28N4/c1-5-16-13(14-17-9-12-18(14)4)15(2,3)19-10-7-6-8-11-19/h9,12-13,16H,5-8,10-11H2,1-4H3. The van der Waals surface area contributed by atoms with E-state index >= 15 is 0 Å². The zero-order valence-corrected chi connectivity index (χ0v) is 12.8. The van der Waals surface area contributed by atoms with Gasteiger partial charge in [-0.25, -0.2) is 4.98 Å². The van der Waals surface area contributed by atoms with Crippen molar-refractivity contribution in [1.29, 1.82) is 0 Å². The lowest BCUT2D eigenvalue weighted by Crippen LogP contribution is -2.54. The van der Waals surface area contributed by atoms with E-state index in [1.54, 1.807) is 0 Å². The Kier molecular flexibility index (Phi) is 4.63. The molecule has 0 spiro atoms. The van der Waals surface area contributed by atoms with Crippen LogP contribution >= 0.6 is 0 Å². The highest BCUT2D eigenvalue weighted by atomic mass is 15.2. The van der Waals surface area contributed by atoms with E-state index in [0.717, 1.165) is 12.4 Å². The minimum atomic E-state index is 0.0928. The molecule has 1 aliphatic rings. The zero-order chi connectivity index (χ0) is 13.9. The van der Waals surface area contributed by atoms with Crippen molar-refractivity contribution in [2.24, 2.45) is 7.05 Å². The normalized spacial score (nSPS) is 19.6. The molecule has 19 heavy (non-hydrogen) atoms. The molecule has 4 heteroatoms. The molecule has 0 radical (unpaired) electrons. The lowest BCUT2D eigenvalue weighted by atomic mass is 9.89. The van der Waals surface area contributed by atoms with Gasteiger partial charge < -0.3 is 9.88 Å². The third-order valence-electron chi connectivity index (χ3n) is 4.40. The molecule has 1 saturated heterocycles. The van der Waals surface area contributed by atoms with E-state index in [1.807, 2.05) is 12.4 Å². The number of nitrogens with zero attached hydrogens (tertiary/aromatic N) is 3. The Morgan fingerprint density at radius 2 is 2.00 bits per heavy atom. The lowest BCUT2D eigenvalue weighted by Gasteiger charge is -2.45. The smallest absolute Gasteiger partial charge is 0.127 e. The van der Waals surface area contributed by atoms with Gasteiger partial charge in [0.15, 0.2) is 0 Å². The van der Waals surface area contributed by atoms with Gasteiger partial charge in [-0.3, -0.25) is 4.90 Å². The Morgan fingerprint density at radius 3 is 2.53 bits per heavy atom. The molecule has 0 bridgehead atoms. The minimum Gasteiger partial charge on any atom is -0.337 e. The summed E-state index contributed by atoms with van der Waals surface area (Å²) in [6, 6.07) is 0.274. The van der Waals surface area contributed by atoms with Crippen molar-refractivity contribution in [2.75, 3.05) is 19.6 Å². The first kappa shape index (κ1) is 14.5. The van der Waals surface area contributed by atoms with Crippen molar-refractivity contribution in [1.82, 2.24) is 19.8 Å². The predicted octanol–water partition coefficient (Wildman–Crippen LogP) is 2.34. The molecule has 0 aromatic carbocycles. The van der Waals surface area contributed by atoms with Crippen LogP contribution in [0.15, 0.2) is 12.4 Å². The maximum absolute atomic E-state index is 4.57. The molecule has 1 aliphatic heterocycles. The van der Waals surface area contributed by atoms with E-state index in [9.17, 15) is 0 Å². The van der Waals surface area contributed by atoms with Crippen LogP contribution in [0.25, 0.3) is 0 Å². The summed E-state index contributed by atoms with van der Waals surface area (Å²) >= 11 is 0. The Balaban J connectivity index is 2.24. The summed E-state index contributed by atoms with van der Waals surface area (Å²) in [5.41, 5.74) is 0.0928. The van der Waals surface area contributed by atoms with Crippen LogP contribution in [0.1, 0.15) is 51.9 Å². The second kappa shape index (κ2) is 6.06. The van der Waals surface area contributed by atoms with Crippen LogP contribution in [0.5, 0.6) is 0 Å². The number of aryl methyl sites for hydroxylation is 1. The number of hydrogen-bond acceptors (Lipinski definition) is 3. The SMILES string of the molecule is CCNC(c1nccn1C)C(C)(C)N1CCCCC1. The lowest BCUT2D eigenvalue weighted by molar-refractivity contribution is 0.0576. The quantitative estimate of drug-likeness (QED) is 0.886. The number of likely N-dealkylation sites (N-methyl/N-ethyl adjacent to an activating group) is 1. The first-order valence-electron chi connectivity index (χ1n) is 7.53. The molecule has 1 fully saturated rings. The van der Waals surface area contributed by atoms with Crippen LogP contribution in [-0.4, -0.2) is 39.6 Å². The molecular weight excluding hydrogens is 236 g/mol. The van der Waals surface area contributed by atoms with Crippen molar-refractivity contribution in [3.8, 4) is 0 Å². The fourth-order valence-electron chi connectivity index (χ4n) is 3.17. The fourth-order valence-corrected chi connectivity index (χ4v) is 3.17. The van der Waals surface area contributed by atoms with Gasteiger partial charge in [-0.2, -0.15) is 0 Å². The summed E-state index contributed by atoms with van der Waals surface area (Å²) in [5.74, 6) is 1.14. The van der Waals surface area contributed by atoms with E-state index < -0.39 is 0 Å². The molecule has 1 N–H and O–H groups in total. The molecule has 108 valence electrons. The van der Waals surface area contributed by atoms with Gasteiger partial charge in [0.25, 0.3) is 0 Å². The van der Waals surface area contributed by atoms with Crippen molar-refractivity contribution < 1.29 is 0 Å². The Morgan fingerprint density at radius 1 is 1.32 bits per heavy atom. The molecule has 0 saturated carbocycles. The predicted molar refractivity (Wildman–Crippen MR) is 79.1 cm³/mol. The van der Waals surface area contributed by atoms with Crippen LogP contribution in [-0.2, 0) is 7.05 Å². The van der Waals surface area contributed by atoms with E-state index in [0.29, 0.717) is 0 Å². The fraction of sp³-hybridized carbons (Fsp3) is 0.800. The van der Waals surface area contributed by atoms with Gasteiger partial charge in [-0.15, -0.1) is 0 Å². The average molecular weight is 264 g/mol. The summed E-state index contributed by atoms with van der Waals surface area (Å²) in [5, 5.41) is 3.64. The van der Waals surface area contributed by atoms with Gasteiger partial charge in [-0.1, -0.05) is 13.3 Å². The first-order valence-corrected chi connectivity index (χ1v) is 7.53. The van der Waals surface area contributed by atoms with Gasteiger partial charge in [0.05, 0.1) is 6.04 Å². The van der Waals surface area contributed by atoms with Crippen molar-refractivity contribution >= 4 is 0 Å². The largest absolute Gasteiger partial charge is 0.337 e. The average Bonchev–Trinajstić information content (AvgIpc) is 2.83. The second-order valence-corrected chi connectivity index (χ2v) is 6.09. The van der Waals surface area contributed by atoms with E-state index in [2.05, 4.69) is 47.6 Å². The molecule has 1 aromatic rings. The highest BCUT2D eigenvalue weighted by Crippen LogP contribution is 2.32. The van der Waals surface area contributed by atoms with Crippen LogP contribution in [0, 0.1) is 0 Å². The number of piperidine rings is 1. The molecule has 2 rings (SSSR count). The van der Waals surface area contributed by atoms with Crippen LogP contribution in [0.3, 0.4) is 0 Å². The first-order chi connectivity index (χ1) is 9.07. The van der Waals surface area contributed by atoms with Crippen molar-refractivity contribution in [3.63, 3.8) is 0 Å². The van der Waals surface area contributed by atoms with E-state index in [1.165, 1.54) is 32.4 Å².